The number of carbonyl (C=O) groups excluding carboxylic acids is 15. The number of aromatic amines is 1. The average Bonchev–Trinajstić information content (AvgIpc) is 1.61. The van der Waals surface area contributed by atoms with E-state index in [1.807, 2.05) is 27.7 Å². The second-order valence-corrected chi connectivity index (χ2v) is 33.9. The number of phenols is 1. The standard InChI is InChI=1S/C89H126N18O21/c1-9-11-23-69-83(122)98-63(38-50(3)4)80(119)93-36-18-17-27-75(112)95-64(39-52-28-30-56(108)31-29-52)85(124)102(6)51(5)78(117)99-66(44-74(92)111)88(127)106-37-19-26-70(106)84(123)101-67(45-91)82(121)97-62(32-33-76(113)114)87(126)107-48-57(109)43-72(107)73(110)42-53(40-54-46-94-60-22-15-13-20-58(54)60)79(118)96-61(34-35-90)81(120)100-65(86(125)104(8)71(24-12-10-2)89(128)103(69)7)41-55-47-105(49-77(115)116)68-25-16-14-21-59(55)68/h13-16,20-22,25,28-31,46-47,50-51,53,57,61-67,69-72,94,108-109H,9-12,17-19,23-24,26-27,32-45,48-49,90-91H2,1-8H3,(H2,92,111)(H,93,119)(H,95,112)(H,96,118)(H,97,121)(H,98,122)(H,99,117)(H,100,120)(H,101,123)(H,113,114)(H,115,116)/t51-,53+,57+,61-,62-,63-,64-,65-,66-,67-,69-,70-,71-,72-/m0/s1. The van der Waals surface area contributed by atoms with E-state index in [2.05, 4.69) is 47.5 Å². The van der Waals surface area contributed by atoms with Gasteiger partial charge in [0.2, 0.25) is 82.7 Å². The fraction of sp³-hybridized carbons (Fsp3) is 0.562. The molecule has 39 heteroatoms. The van der Waals surface area contributed by atoms with Crippen LogP contribution in [-0.2, 0) is 107 Å². The van der Waals surface area contributed by atoms with Crippen LogP contribution in [0.2, 0.25) is 0 Å². The van der Waals surface area contributed by atoms with Crippen LogP contribution in [0.1, 0.15) is 167 Å². The Labute approximate surface area is 742 Å². The number of aliphatic hydroxyl groups is 1. The molecule has 14 atom stereocenters. The number of likely N-dealkylation sites (N-methyl/N-ethyl adjacent to an activating group) is 3. The van der Waals surface area contributed by atoms with Crippen LogP contribution in [0.4, 0.5) is 0 Å². The van der Waals surface area contributed by atoms with Gasteiger partial charge in [0.1, 0.15) is 78.8 Å². The molecule has 2 aromatic heterocycles. The molecular weight excluding hydrogens is 1660 g/mol. The molecule has 5 aromatic rings. The van der Waals surface area contributed by atoms with Gasteiger partial charge in [0.05, 0.1) is 18.6 Å². The number of nitrogens with one attached hydrogen (secondary N) is 9. The molecule has 3 aliphatic rings. The predicted octanol–water partition coefficient (Wildman–Crippen LogP) is 0.138. The largest absolute Gasteiger partial charge is 0.508 e. The molecule has 0 radical (unpaired) electrons. The number of aliphatic carboxylic acids is 2. The van der Waals surface area contributed by atoms with Crippen molar-refractivity contribution in [1.29, 1.82) is 0 Å². The minimum atomic E-state index is -1.80. The minimum Gasteiger partial charge on any atom is -0.508 e. The van der Waals surface area contributed by atoms with Crippen LogP contribution >= 0.6 is 0 Å². The van der Waals surface area contributed by atoms with Gasteiger partial charge in [0, 0.05) is 126 Å². The summed E-state index contributed by atoms with van der Waals surface area (Å²) in [5, 5.41) is 64.3. The number of fused-ring (bicyclic) bond motifs is 4. The normalized spacial score (nSPS) is 25.0. The molecule has 3 saturated heterocycles. The number of para-hydroxylation sites is 2. The first-order valence-corrected chi connectivity index (χ1v) is 43.9. The summed E-state index contributed by atoms with van der Waals surface area (Å²) in [7, 11) is 4.05. The van der Waals surface area contributed by atoms with E-state index >= 15 is 28.8 Å². The maximum absolute atomic E-state index is 15.9. The van der Waals surface area contributed by atoms with E-state index in [-0.39, 0.29) is 108 Å². The summed E-state index contributed by atoms with van der Waals surface area (Å²) in [4.78, 5) is 254. The van der Waals surface area contributed by atoms with Gasteiger partial charge in [-0.25, -0.2) is 0 Å². The summed E-state index contributed by atoms with van der Waals surface area (Å²) in [6.45, 7) is 6.67. The molecule has 698 valence electrons. The lowest BCUT2D eigenvalue weighted by molar-refractivity contribution is -0.149. The highest BCUT2D eigenvalue weighted by atomic mass is 16.4. The number of aromatic nitrogens is 2. The first kappa shape index (κ1) is 101. The molecule has 0 bridgehead atoms. The second-order valence-electron chi connectivity index (χ2n) is 33.9. The van der Waals surface area contributed by atoms with Gasteiger partial charge in [0.25, 0.3) is 0 Å². The van der Waals surface area contributed by atoms with Crippen molar-refractivity contribution >= 4 is 122 Å². The number of benzene rings is 3. The number of carboxylic acid groups (broad SMARTS) is 2. The number of H-pyrrole nitrogens is 1. The van der Waals surface area contributed by atoms with Gasteiger partial charge in [-0.05, 0) is 125 Å². The highest BCUT2D eigenvalue weighted by molar-refractivity contribution is 6.02. The number of aromatic hydroxyl groups is 1. The molecule has 3 aliphatic heterocycles. The Morgan fingerprint density at radius 3 is 1.81 bits per heavy atom. The number of carboxylic acids is 2. The predicted molar refractivity (Wildman–Crippen MR) is 469 cm³/mol. The lowest BCUT2D eigenvalue weighted by Gasteiger charge is -2.36. The van der Waals surface area contributed by atoms with Crippen molar-refractivity contribution in [2.24, 2.45) is 29.0 Å². The number of hydrogen-bond acceptors (Lipinski definition) is 21. The number of nitrogens with two attached hydrogens (primary N) is 3. The zero-order chi connectivity index (χ0) is 93.9. The van der Waals surface area contributed by atoms with Crippen molar-refractivity contribution in [1.82, 2.24) is 76.6 Å². The number of nitrogens with zero attached hydrogens (tertiary/aromatic N) is 6. The molecule has 5 heterocycles. The number of unbranched alkanes of at least 4 members (excludes halogenated alkanes) is 2. The van der Waals surface area contributed by atoms with Crippen molar-refractivity contribution in [3.05, 3.63) is 102 Å². The Morgan fingerprint density at radius 2 is 1.16 bits per heavy atom. The fourth-order valence-electron chi connectivity index (χ4n) is 16.7. The van der Waals surface area contributed by atoms with Gasteiger partial charge < -0.3 is 114 Å². The number of Topliss-reactive ketones (excluding diaryl/α,β-unsaturated/α-hetero) is 1. The minimum absolute atomic E-state index is 0.0101. The number of phenolic OH excluding ortho intramolecular Hbond substituents is 1. The number of ketones is 1. The van der Waals surface area contributed by atoms with Gasteiger partial charge in [-0.1, -0.05) is 102 Å². The van der Waals surface area contributed by atoms with E-state index in [1.54, 1.807) is 54.7 Å². The van der Waals surface area contributed by atoms with E-state index in [1.165, 1.54) is 72.9 Å². The maximum atomic E-state index is 15.9. The highest BCUT2D eigenvalue weighted by Crippen LogP contribution is 2.30. The van der Waals surface area contributed by atoms with Gasteiger partial charge in [-0.3, -0.25) is 81.5 Å². The van der Waals surface area contributed by atoms with Crippen LogP contribution < -0.4 is 59.7 Å². The van der Waals surface area contributed by atoms with E-state index in [0.717, 1.165) is 14.7 Å². The second kappa shape index (κ2) is 48.0. The summed E-state index contributed by atoms with van der Waals surface area (Å²) in [6, 6.07) is 1.66. The molecule has 14 amide bonds. The Morgan fingerprint density at radius 1 is 0.555 bits per heavy atom. The third-order valence-corrected chi connectivity index (χ3v) is 23.9. The van der Waals surface area contributed by atoms with Crippen molar-refractivity contribution < 1.29 is 102 Å². The molecule has 3 aromatic carbocycles. The highest BCUT2D eigenvalue weighted by Gasteiger charge is 2.46. The quantitative estimate of drug-likeness (QED) is 0.0391. The summed E-state index contributed by atoms with van der Waals surface area (Å²) in [6.07, 6.45) is -0.0582. The van der Waals surface area contributed by atoms with Crippen LogP contribution in [0, 0.1) is 11.8 Å². The molecule has 0 aliphatic carbocycles. The molecule has 19 N–H and O–H groups in total. The third-order valence-electron chi connectivity index (χ3n) is 23.9. The number of aliphatic hydroxyl groups excluding tert-OH is 1. The summed E-state index contributed by atoms with van der Waals surface area (Å²) >= 11 is 0. The topological polar surface area (TPSA) is 582 Å². The molecule has 0 unspecified atom stereocenters. The van der Waals surface area contributed by atoms with Gasteiger partial charge in [-0.2, -0.15) is 0 Å². The van der Waals surface area contributed by atoms with Crippen molar-refractivity contribution in [2.75, 3.05) is 53.9 Å². The maximum Gasteiger partial charge on any atom is 0.323 e. The van der Waals surface area contributed by atoms with E-state index in [9.17, 15) is 73.2 Å². The SMILES string of the molecule is CCCC[C@H]1C(=O)N(C)[C@@H](CCCC)C(=O)N[C@@H](CC(C)C)C(=O)NCCCCC(=O)N[C@@H](Cc2ccc(O)cc2)C(=O)N(C)[C@@H](C)C(=O)N[C@@H](CC(N)=O)C(=O)N2CCC[C@H]2C(=O)N[C@@H](CN)C(=O)N[C@@H](CCC(=O)O)C(=O)N2C[C@H](O)C[C@H]2C(=O)C[C@@H](Cc2c[nH]c3ccccc23)C(=O)N[C@@H](CCN)C(=O)N[C@@H](Cc2cn(CC(=O)O)c3ccccc23)C(=O)N1C. The number of carbonyl (C=O) groups is 17. The monoisotopic (exact) mass is 1780 g/mol. The summed E-state index contributed by atoms with van der Waals surface area (Å²) in [5.41, 5.74) is 20.5. The molecule has 128 heavy (non-hydrogen) atoms. The van der Waals surface area contributed by atoms with Gasteiger partial charge in [-0.15, -0.1) is 0 Å². The Hall–Kier alpha value is -12.4. The smallest absolute Gasteiger partial charge is 0.323 e. The Balaban J connectivity index is 1.17. The molecule has 0 saturated carbocycles. The lowest BCUT2D eigenvalue weighted by atomic mass is 9.90. The molecule has 8 rings (SSSR count). The number of rotatable bonds is 24. The van der Waals surface area contributed by atoms with E-state index < -0.39 is 237 Å². The summed E-state index contributed by atoms with van der Waals surface area (Å²) < 4.78 is 1.45. The number of primary amides is 1. The summed E-state index contributed by atoms with van der Waals surface area (Å²) in [5.74, 6) is -17.3. The first-order chi connectivity index (χ1) is 60.9. The zero-order valence-electron chi connectivity index (χ0n) is 74.0. The molecule has 0 spiro atoms. The first-order valence-electron chi connectivity index (χ1n) is 43.9. The fourth-order valence-corrected chi connectivity index (χ4v) is 16.7. The number of amides is 14. The van der Waals surface area contributed by atoms with Crippen molar-refractivity contribution in [2.45, 2.75) is 255 Å². The van der Waals surface area contributed by atoms with Crippen LogP contribution in [-0.4, -0.2) is 287 Å². The van der Waals surface area contributed by atoms with E-state index in [0.29, 0.717) is 64.2 Å². The van der Waals surface area contributed by atoms with Crippen LogP contribution in [0.5, 0.6) is 5.75 Å². The van der Waals surface area contributed by atoms with Gasteiger partial charge in [0.15, 0.2) is 5.78 Å². The lowest BCUT2D eigenvalue weighted by Crippen LogP contribution is -2.61. The van der Waals surface area contributed by atoms with Gasteiger partial charge >= 0.3 is 11.9 Å². The Kier molecular flexibility index (Phi) is 37.9. The third kappa shape index (κ3) is 27.6. The molecular formula is C89H126N18O21. The molecule has 39 nitrogen and oxygen atoms in total. The van der Waals surface area contributed by atoms with E-state index in [4.69, 9.17) is 17.2 Å². The molecule has 3 fully saturated rings. The Bertz CT molecular complexity index is 4800. The van der Waals surface area contributed by atoms with Crippen LogP contribution in [0.3, 0.4) is 0 Å². The van der Waals surface area contributed by atoms with Crippen molar-refractivity contribution in [3.8, 4) is 5.75 Å². The zero-order valence-corrected chi connectivity index (χ0v) is 74.0. The average molecular weight is 1780 g/mol. The van der Waals surface area contributed by atoms with Crippen molar-refractivity contribution in [3.63, 3.8) is 0 Å². The van der Waals surface area contributed by atoms with Crippen LogP contribution in [0.25, 0.3) is 21.8 Å². The number of hydrogen-bond donors (Lipinski definition) is 16. The van der Waals surface area contributed by atoms with Crippen LogP contribution in [0.15, 0.2) is 85.2 Å².